The Morgan fingerprint density at radius 1 is 1.12 bits per heavy atom. The van der Waals surface area contributed by atoms with E-state index < -0.39 is 11.9 Å². The molecule has 0 spiro atoms. The summed E-state index contributed by atoms with van der Waals surface area (Å²) in [5.74, 6) is -0.798. The minimum atomic E-state index is -0.542. The van der Waals surface area contributed by atoms with Gasteiger partial charge in [-0.15, -0.1) is 0 Å². The summed E-state index contributed by atoms with van der Waals surface area (Å²) in [7, 11) is 0. The van der Waals surface area contributed by atoms with Gasteiger partial charge in [0.25, 0.3) is 0 Å². The van der Waals surface area contributed by atoms with E-state index in [9.17, 15) is 9.59 Å². The second-order valence-corrected chi connectivity index (χ2v) is 3.28. The summed E-state index contributed by atoms with van der Waals surface area (Å²) < 4.78 is 9.73. The summed E-state index contributed by atoms with van der Waals surface area (Å²) in [5, 5.41) is 0. The van der Waals surface area contributed by atoms with Crippen LogP contribution in [0.2, 0.25) is 0 Å². The predicted molar refractivity (Wildman–Crippen MR) is 60.4 cm³/mol. The molecule has 4 nitrogen and oxygen atoms in total. The fourth-order valence-electron chi connectivity index (χ4n) is 0.638. The molecule has 0 aromatic carbocycles. The van der Waals surface area contributed by atoms with Gasteiger partial charge in [0.2, 0.25) is 0 Å². The molecule has 0 saturated carbocycles. The van der Waals surface area contributed by atoms with Crippen molar-refractivity contribution in [2.24, 2.45) is 0 Å². The van der Waals surface area contributed by atoms with Crippen molar-refractivity contribution in [1.29, 1.82) is 0 Å². The van der Waals surface area contributed by atoms with Crippen LogP contribution in [0, 0.1) is 0 Å². The van der Waals surface area contributed by atoms with Gasteiger partial charge in [-0.05, 0) is 26.8 Å². The number of hydrogen-bond acceptors (Lipinski definition) is 4. The number of esters is 2. The summed E-state index contributed by atoms with van der Waals surface area (Å²) in [5.41, 5.74) is 0.576. The van der Waals surface area contributed by atoms with E-state index in [1.54, 1.807) is 13.0 Å². The molecule has 0 aliphatic carbocycles. The van der Waals surface area contributed by atoms with E-state index in [4.69, 9.17) is 9.47 Å². The van der Waals surface area contributed by atoms with Crippen LogP contribution < -0.4 is 0 Å². The van der Waals surface area contributed by atoms with Crippen molar-refractivity contribution in [3.05, 3.63) is 36.1 Å². The molecule has 16 heavy (non-hydrogen) atoms. The molecule has 0 unspecified atom stereocenters. The Bertz CT molecular complexity index is 350. The smallest absolute Gasteiger partial charge is 0.338 e. The van der Waals surface area contributed by atoms with Crippen LogP contribution in [0.15, 0.2) is 36.1 Å². The molecule has 0 heterocycles. The molecular formula is C12H16O4. The van der Waals surface area contributed by atoms with Crippen LogP contribution in [0.4, 0.5) is 0 Å². The predicted octanol–water partition coefficient (Wildman–Crippen LogP) is 2.13. The fraction of sp³-hybridized carbons (Fsp3) is 0.333. The van der Waals surface area contributed by atoms with Gasteiger partial charge in [-0.2, -0.15) is 0 Å². The maximum Gasteiger partial charge on any atom is 0.338 e. The highest BCUT2D eigenvalue weighted by molar-refractivity contribution is 5.88. The molecule has 0 amide bonds. The average molecular weight is 224 g/mol. The topological polar surface area (TPSA) is 52.6 Å². The van der Waals surface area contributed by atoms with Crippen molar-refractivity contribution < 1.29 is 19.1 Å². The van der Waals surface area contributed by atoms with Gasteiger partial charge in [0, 0.05) is 11.1 Å². The molecule has 0 saturated heterocycles. The Kier molecular flexibility index (Phi) is 5.85. The zero-order valence-corrected chi connectivity index (χ0v) is 9.83. The van der Waals surface area contributed by atoms with Gasteiger partial charge in [-0.3, -0.25) is 0 Å². The lowest BCUT2D eigenvalue weighted by Gasteiger charge is -2.09. The van der Waals surface area contributed by atoms with E-state index in [2.05, 4.69) is 13.2 Å². The van der Waals surface area contributed by atoms with Gasteiger partial charge in [0.1, 0.15) is 12.4 Å². The lowest BCUT2D eigenvalue weighted by molar-refractivity contribution is -0.142. The second-order valence-electron chi connectivity index (χ2n) is 3.28. The summed E-state index contributed by atoms with van der Waals surface area (Å²) in [6.45, 7) is 11.5. The first kappa shape index (κ1) is 14.2. The maximum atomic E-state index is 11.2. The summed E-state index contributed by atoms with van der Waals surface area (Å²) in [4.78, 5) is 22.2. The third kappa shape index (κ3) is 5.14. The molecule has 0 bridgehead atoms. The molecule has 0 aromatic heterocycles. The van der Waals surface area contributed by atoms with Gasteiger partial charge in [0.05, 0.1) is 0 Å². The lowest BCUT2D eigenvalue weighted by atomic mass is 10.3. The van der Waals surface area contributed by atoms with Gasteiger partial charge in [0.15, 0.2) is 0 Å². The molecule has 0 aliphatic heterocycles. The van der Waals surface area contributed by atoms with Gasteiger partial charge < -0.3 is 9.47 Å². The molecular weight excluding hydrogens is 208 g/mol. The van der Waals surface area contributed by atoms with Crippen LogP contribution in [0.1, 0.15) is 20.8 Å². The normalized spacial score (nSPS) is 10.6. The number of hydrogen-bond donors (Lipinski definition) is 0. The zero-order valence-electron chi connectivity index (χ0n) is 9.83. The lowest BCUT2D eigenvalue weighted by Crippen LogP contribution is -2.13. The summed E-state index contributed by atoms with van der Waals surface area (Å²) in [6, 6.07) is 0. The SMILES string of the molecule is C=C(C)C(=O)OC/C(=C\C)OC(=O)C(=C)C. The van der Waals surface area contributed by atoms with E-state index in [0.717, 1.165) is 0 Å². The van der Waals surface area contributed by atoms with Crippen LogP contribution in [-0.4, -0.2) is 18.5 Å². The number of carbonyl (C=O) groups excluding carboxylic acids is 2. The van der Waals surface area contributed by atoms with E-state index in [-0.39, 0.29) is 17.9 Å². The van der Waals surface area contributed by atoms with E-state index in [1.807, 2.05) is 0 Å². The third-order valence-corrected chi connectivity index (χ3v) is 1.59. The molecule has 88 valence electrons. The average Bonchev–Trinajstić information content (AvgIpc) is 2.22. The number of allylic oxidation sites excluding steroid dienone is 1. The highest BCUT2D eigenvalue weighted by atomic mass is 16.6. The molecule has 0 rings (SSSR count). The van der Waals surface area contributed by atoms with Crippen LogP contribution >= 0.6 is 0 Å². The van der Waals surface area contributed by atoms with E-state index >= 15 is 0 Å². The molecule has 0 atom stereocenters. The molecule has 0 aliphatic rings. The minimum Gasteiger partial charge on any atom is -0.454 e. The Hall–Kier alpha value is -1.84. The van der Waals surface area contributed by atoms with Crippen molar-refractivity contribution in [3.63, 3.8) is 0 Å². The summed E-state index contributed by atoms with van der Waals surface area (Å²) in [6.07, 6.45) is 1.55. The van der Waals surface area contributed by atoms with Crippen molar-refractivity contribution in [1.82, 2.24) is 0 Å². The van der Waals surface area contributed by atoms with Crippen LogP contribution in [0.5, 0.6) is 0 Å². The third-order valence-electron chi connectivity index (χ3n) is 1.59. The summed E-state index contributed by atoms with van der Waals surface area (Å²) >= 11 is 0. The minimum absolute atomic E-state index is 0.0960. The monoisotopic (exact) mass is 224 g/mol. The Morgan fingerprint density at radius 3 is 2.00 bits per heavy atom. The van der Waals surface area contributed by atoms with Crippen LogP contribution in [0.3, 0.4) is 0 Å². The molecule has 0 fully saturated rings. The van der Waals surface area contributed by atoms with Gasteiger partial charge in [-0.25, -0.2) is 9.59 Å². The number of rotatable bonds is 5. The first-order valence-corrected chi connectivity index (χ1v) is 4.74. The van der Waals surface area contributed by atoms with Crippen molar-refractivity contribution in [2.45, 2.75) is 20.8 Å². The first-order valence-electron chi connectivity index (χ1n) is 4.74. The highest BCUT2D eigenvalue weighted by Gasteiger charge is 2.10. The zero-order chi connectivity index (χ0) is 12.7. The van der Waals surface area contributed by atoms with Gasteiger partial charge in [-0.1, -0.05) is 13.2 Å². The molecule has 4 heteroatoms. The van der Waals surface area contributed by atoms with Gasteiger partial charge >= 0.3 is 11.9 Å². The Balaban J connectivity index is 4.24. The fourth-order valence-corrected chi connectivity index (χ4v) is 0.638. The largest absolute Gasteiger partial charge is 0.454 e. The van der Waals surface area contributed by atoms with Crippen LogP contribution in [-0.2, 0) is 19.1 Å². The quantitative estimate of drug-likeness (QED) is 0.408. The molecule has 0 aromatic rings. The highest BCUT2D eigenvalue weighted by Crippen LogP contribution is 2.04. The second kappa shape index (κ2) is 6.61. The standard InChI is InChI=1S/C12H16O4/c1-6-10(16-12(14)9(4)5)7-15-11(13)8(2)3/h6H,2,4,7H2,1,3,5H3/b10-6+. The molecule has 0 N–H and O–H groups in total. The molecule has 0 radical (unpaired) electrons. The number of carbonyl (C=O) groups is 2. The Labute approximate surface area is 95.2 Å². The van der Waals surface area contributed by atoms with Crippen molar-refractivity contribution >= 4 is 11.9 Å². The Morgan fingerprint density at radius 2 is 1.62 bits per heavy atom. The van der Waals surface area contributed by atoms with E-state index in [0.29, 0.717) is 5.57 Å². The van der Waals surface area contributed by atoms with Crippen molar-refractivity contribution in [3.8, 4) is 0 Å². The van der Waals surface area contributed by atoms with Crippen LogP contribution in [0.25, 0.3) is 0 Å². The first-order chi connectivity index (χ1) is 7.38. The number of ether oxygens (including phenoxy) is 2. The van der Waals surface area contributed by atoms with E-state index in [1.165, 1.54) is 13.8 Å². The maximum absolute atomic E-state index is 11.2. The van der Waals surface area contributed by atoms with Crippen molar-refractivity contribution in [2.75, 3.05) is 6.61 Å².